The quantitative estimate of drug-likeness (QED) is 0.843. The highest BCUT2D eigenvalue weighted by Gasteiger charge is 2.53. The minimum atomic E-state index is -3.75. The van der Waals surface area contributed by atoms with Gasteiger partial charge in [-0.05, 0) is 50.5 Å². The largest absolute Gasteiger partial charge is 0.352 e. The Kier molecular flexibility index (Phi) is 5.74. The molecule has 1 aromatic rings. The van der Waals surface area contributed by atoms with Crippen molar-refractivity contribution in [2.75, 3.05) is 0 Å². The molecule has 1 aliphatic rings. The second-order valence-electron chi connectivity index (χ2n) is 6.32. The molecule has 0 aliphatic heterocycles. The van der Waals surface area contributed by atoms with Crippen molar-refractivity contribution in [1.82, 2.24) is 5.32 Å². The van der Waals surface area contributed by atoms with Crippen LogP contribution in [-0.4, -0.2) is 25.1 Å². The molecule has 1 saturated carbocycles. The topological polar surface area (TPSA) is 63.2 Å². The maximum absolute atomic E-state index is 13.1. The molecule has 1 atom stereocenters. The summed E-state index contributed by atoms with van der Waals surface area (Å²) in [5.74, 6) is -0.356. The van der Waals surface area contributed by atoms with Gasteiger partial charge in [0, 0.05) is 11.1 Å². The number of halogens is 1. The van der Waals surface area contributed by atoms with E-state index in [4.69, 9.17) is 11.6 Å². The lowest BCUT2D eigenvalue weighted by atomic mass is 10.1. The first-order chi connectivity index (χ1) is 10.8. The van der Waals surface area contributed by atoms with Crippen molar-refractivity contribution in [3.8, 4) is 0 Å². The van der Waals surface area contributed by atoms with Crippen molar-refractivity contribution in [3.63, 3.8) is 0 Å². The molecule has 0 heterocycles. The van der Waals surface area contributed by atoms with E-state index in [2.05, 4.69) is 5.32 Å². The molecule has 1 unspecified atom stereocenters. The molecule has 1 aliphatic carbocycles. The van der Waals surface area contributed by atoms with Gasteiger partial charge in [0.15, 0.2) is 14.6 Å². The normalized spacial score (nSPS) is 18.6. The highest BCUT2D eigenvalue weighted by atomic mass is 35.5. The van der Waals surface area contributed by atoms with E-state index in [0.717, 1.165) is 25.7 Å². The summed E-state index contributed by atoms with van der Waals surface area (Å²) in [6.07, 6.45) is 4.04. The summed E-state index contributed by atoms with van der Waals surface area (Å²) < 4.78 is 24.9. The number of hydrogen-bond acceptors (Lipinski definition) is 3. The van der Waals surface area contributed by atoms with Crippen LogP contribution in [0.4, 0.5) is 0 Å². The molecule has 128 valence electrons. The van der Waals surface area contributed by atoms with E-state index < -0.39 is 14.6 Å². The van der Waals surface area contributed by atoms with Crippen LogP contribution in [0.3, 0.4) is 0 Å². The fourth-order valence-electron chi connectivity index (χ4n) is 3.26. The van der Waals surface area contributed by atoms with E-state index in [1.807, 2.05) is 13.8 Å². The lowest BCUT2D eigenvalue weighted by Gasteiger charge is -2.29. The molecule has 2 rings (SSSR count). The van der Waals surface area contributed by atoms with Crippen LogP contribution in [0, 0.1) is 0 Å². The summed E-state index contributed by atoms with van der Waals surface area (Å²) in [5.41, 5.74) is 0. The first kappa shape index (κ1) is 18.3. The Morgan fingerprint density at radius 3 is 2.35 bits per heavy atom. The fraction of sp³-hybridized carbons (Fsp3) is 0.588. The van der Waals surface area contributed by atoms with Crippen LogP contribution in [0.1, 0.15) is 52.4 Å². The van der Waals surface area contributed by atoms with E-state index in [1.165, 1.54) is 12.1 Å². The number of carbonyl (C=O) groups is 1. The molecular weight excluding hydrogens is 334 g/mol. The van der Waals surface area contributed by atoms with Crippen molar-refractivity contribution in [2.45, 2.75) is 68.1 Å². The van der Waals surface area contributed by atoms with Crippen molar-refractivity contribution in [2.24, 2.45) is 0 Å². The summed E-state index contributed by atoms with van der Waals surface area (Å²) in [7, 11) is -3.75. The van der Waals surface area contributed by atoms with E-state index in [1.54, 1.807) is 12.1 Å². The number of carbonyl (C=O) groups excluding carboxylic acids is 1. The average Bonchev–Trinajstić information content (AvgIpc) is 2.99. The van der Waals surface area contributed by atoms with Gasteiger partial charge in [0.05, 0.1) is 4.90 Å². The minimum absolute atomic E-state index is 0.0228. The average molecular weight is 358 g/mol. The third kappa shape index (κ3) is 3.56. The Morgan fingerprint density at radius 1 is 1.26 bits per heavy atom. The van der Waals surface area contributed by atoms with Crippen molar-refractivity contribution in [1.29, 1.82) is 0 Å². The number of nitrogens with one attached hydrogen (secondary N) is 1. The van der Waals surface area contributed by atoms with E-state index in [0.29, 0.717) is 17.9 Å². The summed E-state index contributed by atoms with van der Waals surface area (Å²) in [6.45, 7) is 3.96. The predicted molar refractivity (Wildman–Crippen MR) is 92.3 cm³/mol. The SMILES string of the molecule is CCCC(C)NC(=O)C1(S(=O)(=O)c2ccc(Cl)cc2)CCCC1. The molecule has 23 heavy (non-hydrogen) atoms. The van der Waals surface area contributed by atoms with Crippen LogP contribution >= 0.6 is 11.6 Å². The van der Waals surface area contributed by atoms with Gasteiger partial charge in [-0.2, -0.15) is 0 Å². The molecule has 0 saturated heterocycles. The number of sulfone groups is 1. The standard InChI is InChI=1S/C17H24ClNO3S/c1-3-6-13(2)19-16(20)17(11-4-5-12-17)23(21,22)15-9-7-14(18)8-10-15/h7-10,13H,3-6,11-12H2,1-2H3,(H,19,20). The Bertz CT molecular complexity index is 649. The van der Waals surface area contributed by atoms with Crippen LogP contribution in [0.2, 0.25) is 5.02 Å². The Balaban J connectivity index is 2.36. The zero-order chi connectivity index (χ0) is 17.1. The molecule has 6 heteroatoms. The lowest BCUT2D eigenvalue weighted by Crippen LogP contribution is -2.52. The second kappa shape index (κ2) is 7.22. The van der Waals surface area contributed by atoms with Crippen LogP contribution in [0.5, 0.6) is 0 Å². The second-order valence-corrected chi connectivity index (χ2v) is 9.02. The van der Waals surface area contributed by atoms with Crippen LogP contribution in [0.25, 0.3) is 0 Å². The lowest BCUT2D eigenvalue weighted by molar-refractivity contribution is -0.124. The first-order valence-corrected chi connectivity index (χ1v) is 10.0. The number of hydrogen-bond donors (Lipinski definition) is 1. The molecule has 0 radical (unpaired) electrons. The van der Waals surface area contributed by atoms with Gasteiger partial charge in [0.2, 0.25) is 5.91 Å². The highest BCUT2D eigenvalue weighted by molar-refractivity contribution is 7.93. The zero-order valence-corrected chi connectivity index (χ0v) is 15.2. The predicted octanol–water partition coefficient (Wildman–Crippen LogP) is 3.73. The van der Waals surface area contributed by atoms with Gasteiger partial charge in [-0.15, -0.1) is 0 Å². The number of benzene rings is 1. The van der Waals surface area contributed by atoms with Gasteiger partial charge in [-0.3, -0.25) is 4.79 Å². The van der Waals surface area contributed by atoms with Crippen LogP contribution in [-0.2, 0) is 14.6 Å². The molecule has 1 N–H and O–H groups in total. The molecular formula is C17H24ClNO3S. The number of rotatable bonds is 6. The molecule has 0 bridgehead atoms. The summed E-state index contributed by atoms with van der Waals surface area (Å²) in [4.78, 5) is 13.0. The smallest absolute Gasteiger partial charge is 0.242 e. The number of amides is 1. The van der Waals surface area contributed by atoms with Gasteiger partial charge in [0.25, 0.3) is 0 Å². The van der Waals surface area contributed by atoms with Gasteiger partial charge >= 0.3 is 0 Å². The molecule has 1 amide bonds. The monoisotopic (exact) mass is 357 g/mol. The molecule has 1 fully saturated rings. The summed E-state index contributed by atoms with van der Waals surface area (Å²) >= 11 is 5.85. The van der Waals surface area contributed by atoms with Gasteiger partial charge in [0.1, 0.15) is 0 Å². The van der Waals surface area contributed by atoms with Crippen molar-refractivity contribution >= 4 is 27.3 Å². The third-order valence-corrected chi connectivity index (χ3v) is 7.33. The van der Waals surface area contributed by atoms with Gasteiger partial charge in [-0.1, -0.05) is 37.8 Å². The Labute approximate surface area is 143 Å². The van der Waals surface area contributed by atoms with Crippen molar-refractivity contribution in [3.05, 3.63) is 29.3 Å². The summed E-state index contributed by atoms with van der Waals surface area (Å²) in [6, 6.07) is 6.05. The Hall–Kier alpha value is -1.07. The zero-order valence-electron chi connectivity index (χ0n) is 13.6. The van der Waals surface area contributed by atoms with Crippen LogP contribution in [0.15, 0.2) is 29.2 Å². The van der Waals surface area contributed by atoms with E-state index in [9.17, 15) is 13.2 Å². The molecule has 1 aromatic carbocycles. The fourth-order valence-corrected chi connectivity index (χ4v) is 5.46. The third-order valence-electron chi connectivity index (χ3n) is 4.56. The maximum atomic E-state index is 13.1. The maximum Gasteiger partial charge on any atom is 0.242 e. The molecule has 0 spiro atoms. The minimum Gasteiger partial charge on any atom is -0.352 e. The highest BCUT2D eigenvalue weighted by Crippen LogP contribution is 2.41. The molecule has 0 aromatic heterocycles. The summed E-state index contributed by atoms with van der Waals surface area (Å²) in [5, 5.41) is 3.38. The van der Waals surface area contributed by atoms with Crippen LogP contribution < -0.4 is 5.32 Å². The first-order valence-electron chi connectivity index (χ1n) is 8.14. The van der Waals surface area contributed by atoms with Crippen molar-refractivity contribution < 1.29 is 13.2 Å². The molecule has 4 nitrogen and oxygen atoms in total. The Morgan fingerprint density at radius 2 is 1.83 bits per heavy atom. The van der Waals surface area contributed by atoms with Gasteiger partial charge in [-0.25, -0.2) is 8.42 Å². The van der Waals surface area contributed by atoms with Gasteiger partial charge < -0.3 is 5.32 Å². The van der Waals surface area contributed by atoms with E-state index >= 15 is 0 Å². The van der Waals surface area contributed by atoms with E-state index in [-0.39, 0.29) is 16.8 Å².